The number of morpholine rings is 1. The lowest BCUT2D eigenvalue weighted by Crippen LogP contribution is -2.36. The molecule has 0 aliphatic carbocycles. The summed E-state index contributed by atoms with van der Waals surface area (Å²) in [6.07, 6.45) is 0.178. The van der Waals surface area contributed by atoms with Gasteiger partial charge in [0.05, 0.1) is 25.3 Å². The highest BCUT2D eigenvalue weighted by molar-refractivity contribution is 7.13. The van der Waals surface area contributed by atoms with Gasteiger partial charge in [-0.3, -0.25) is 4.79 Å². The van der Waals surface area contributed by atoms with Crippen LogP contribution in [0.25, 0.3) is 10.6 Å². The summed E-state index contributed by atoms with van der Waals surface area (Å²) in [5, 5.41) is 5.44. The number of hydrogen-bond acceptors (Lipinski definition) is 5. The number of carbonyl (C=O) groups is 1. The van der Waals surface area contributed by atoms with Crippen molar-refractivity contribution in [3.63, 3.8) is 0 Å². The minimum atomic E-state index is -0.299. The van der Waals surface area contributed by atoms with Crippen LogP contribution < -0.4 is 10.2 Å². The van der Waals surface area contributed by atoms with Gasteiger partial charge in [-0.05, 0) is 36.4 Å². The number of rotatable bonds is 5. The Morgan fingerprint density at radius 3 is 2.71 bits per heavy atom. The Morgan fingerprint density at radius 1 is 1.18 bits per heavy atom. The maximum atomic E-state index is 13.4. The summed E-state index contributed by atoms with van der Waals surface area (Å²) in [4.78, 5) is 19.0. The number of hydrogen-bond donors (Lipinski definition) is 1. The maximum Gasteiger partial charge on any atom is 0.230 e. The normalized spacial score (nSPS) is 14.1. The zero-order chi connectivity index (χ0) is 19.3. The van der Waals surface area contributed by atoms with Gasteiger partial charge in [-0.15, -0.1) is 11.3 Å². The summed E-state index contributed by atoms with van der Waals surface area (Å²) < 4.78 is 18.7. The molecule has 2 aromatic carbocycles. The molecule has 1 amide bonds. The molecule has 0 radical (unpaired) electrons. The Hall–Kier alpha value is -2.77. The lowest BCUT2D eigenvalue weighted by Gasteiger charge is -2.28. The third kappa shape index (κ3) is 4.55. The van der Waals surface area contributed by atoms with Crippen molar-refractivity contribution in [1.82, 2.24) is 4.98 Å². The van der Waals surface area contributed by atoms with Gasteiger partial charge in [0.2, 0.25) is 5.91 Å². The molecule has 28 heavy (non-hydrogen) atoms. The Balaban J connectivity index is 1.35. The second-order valence-corrected chi connectivity index (χ2v) is 7.38. The van der Waals surface area contributed by atoms with E-state index in [4.69, 9.17) is 4.74 Å². The van der Waals surface area contributed by atoms with Crippen molar-refractivity contribution in [2.75, 3.05) is 36.5 Å². The quantitative estimate of drug-likeness (QED) is 0.708. The number of nitrogens with zero attached hydrogens (tertiary/aromatic N) is 2. The predicted molar refractivity (Wildman–Crippen MR) is 109 cm³/mol. The fourth-order valence-electron chi connectivity index (χ4n) is 3.09. The van der Waals surface area contributed by atoms with E-state index in [-0.39, 0.29) is 18.1 Å². The molecule has 5 nitrogen and oxygen atoms in total. The number of benzene rings is 2. The number of ether oxygens (including phenoxy) is 1. The van der Waals surface area contributed by atoms with E-state index in [1.54, 1.807) is 6.07 Å². The third-order valence-corrected chi connectivity index (χ3v) is 5.43. The van der Waals surface area contributed by atoms with E-state index in [2.05, 4.69) is 15.2 Å². The van der Waals surface area contributed by atoms with Gasteiger partial charge >= 0.3 is 0 Å². The minimum Gasteiger partial charge on any atom is -0.378 e. The molecule has 2 heterocycles. The monoisotopic (exact) mass is 397 g/mol. The van der Waals surface area contributed by atoms with Gasteiger partial charge in [-0.1, -0.05) is 12.1 Å². The number of nitrogens with one attached hydrogen (secondary N) is 1. The van der Waals surface area contributed by atoms with Crippen molar-refractivity contribution in [3.8, 4) is 10.6 Å². The number of aromatic nitrogens is 1. The first-order valence-corrected chi connectivity index (χ1v) is 9.98. The molecule has 1 N–H and O–H groups in total. The molecule has 1 fully saturated rings. The average Bonchev–Trinajstić information content (AvgIpc) is 3.17. The molecule has 7 heteroatoms. The van der Waals surface area contributed by atoms with Crippen molar-refractivity contribution in [1.29, 1.82) is 0 Å². The van der Waals surface area contributed by atoms with Crippen LogP contribution in [0.15, 0.2) is 53.9 Å². The molecule has 0 saturated carbocycles. The van der Waals surface area contributed by atoms with E-state index in [9.17, 15) is 9.18 Å². The lowest BCUT2D eigenvalue weighted by molar-refractivity contribution is -0.115. The van der Waals surface area contributed by atoms with E-state index < -0.39 is 0 Å². The Bertz CT molecular complexity index is 952. The highest BCUT2D eigenvalue weighted by Gasteiger charge is 2.12. The van der Waals surface area contributed by atoms with Crippen LogP contribution in [0.4, 0.5) is 15.8 Å². The van der Waals surface area contributed by atoms with Crippen LogP contribution in [-0.4, -0.2) is 37.2 Å². The van der Waals surface area contributed by atoms with Crippen molar-refractivity contribution in [3.05, 3.63) is 65.4 Å². The first kappa shape index (κ1) is 18.6. The highest BCUT2D eigenvalue weighted by Crippen LogP contribution is 2.25. The molecule has 0 unspecified atom stereocenters. The van der Waals surface area contributed by atoms with Crippen LogP contribution in [0.1, 0.15) is 5.69 Å². The number of anilines is 2. The van der Waals surface area contributed by atoms with E-state index >= 15 is 0 Å². The zero-order valence-electron chi connectivity index (χ0n) is 15.2. The standard InChI is InChI=1S/C21H20FN3O2S/c22-16-3-1-2-15(12-16)21-24-18(14-28-21)13-20(26)23-17-4-6-19(7-5-17)25-8-10-27-11-9-25/h1-7,12,14H,8-11,13H2,(H,23,26). The number of amides is 1. The summed E-state index contributed by atoms with van der Waals surface area (Å²) in [5.74, 6) is -0.428. The van der Waals surface area contributed by atoms with Crippen LogP contribution in [0.5, 0.6) is 0 Å². The molecule has 4 rings (SSSR count). The van der Waals surface area contributed by atoms with Crippen LogP contribution >= 0.6 is 11.3 Å². The Labute approximate surface area is 166 Å². The van der Waals surface area contributed by atoms with Crippen LogP contribution in [0.3, 0.4) is 0 Å². The van der Waals surface area contributed by atoms with Gasteiger partial charge in [-0.25, -0.2) is 9.37 Å². The number of thiazole rings is 1. The van der Waals surface area contributed by atoms with Crippen molar-refractivity contribution >= 4 is 28.6 Å². The second-order valence-electron chi connectivity index (χ2n) is 6.53. The molecule has 1 aromatic heterocycles. The SMILES string of the molecule is O=C(Cc1csc(-c2cccc(F)c2)n1)Nc1ccc(N2CCOCC2)cc1. The number of carbonyl (C=O) groups excluding carboxylic acids is 1. The van der Waals surface area contributed by atoms with Crippen molar-refractivity contribution in [2.24, 2.45) is 0 Å². The average molecular weight is 397 g/mol. The molecule has 144 valence electrons. The second kappa shape index (κ2) is 8.50. The third-order valence-electron chi connectivity index (χ3n) is 4.49. The fraction of sp³-hybridized carbons (Fsp3) is 0.238. The predicted octanol–water partition coefficient (Wildman–Crippen LogP) is 3.97. The van der Waals surface area contributed by atoms with Gasteiger partial charge in [0.15, 0.2) is 0 Å². The molecule has 1 aliphatic heterocycles. The van der Waals surface area contributed by atoms with Gasteiger partial charge in [0.1, 0.15) is 10.8 Å². The van der Waals surface area contributed by atoms with Gasteiger partial charge < -0.3 is 15.0 Å². The van der Waals surface area contributed by atoms with E-state index in [1.165, 1.54) is 23.5 Å². The zero-order valence-corrected chi connectivity index (χ0v) is 16.0. The summed E-state index contributed by atoms with van der Waals surface area (Å²) in [6, 6.07) is 14.1. The molecule has 0 atom stereocenters. The lowest BCUT2D eigenvalue weighted by atomic mass is 10.2. The molecule has 3 aromatic rings. The Morgan fingerprint density at radius 2 is 1.96 bits per heavy atom. The van der Waals surface area contributed by atoms with Crippen LogP contribution in [0, 0.1) is 5.82 Å². The van der Waals surface area contributed by atoms with Gasteiger partial charge in [-0.2, -0.15) is 0 Å². The molecule has 0 bridgehead atoms. The minimum absolute atomic E-state index is 0.129. The van der Waals surface area contributed by atoms with Crippen LogP contribution in [-0.2, 0) is 16.0 Å². The number of halogens is 1. The van der Waals surface area contributed by atoms with Crippen molar-refractivity contribution < 1.29 is 13.9 Å². The van der Waals surface area contributed by atoms with Gasteiger partial charge in [0.25, 0.3) is 0 Å². The van der Waals surface area contributed by atoms with E-state index in [1.807, 2.05) is 35.7 Å². The largest absolute Gasteiger partial charge is 0.378 e. The summed E-state index contributed by atoms with van der Waals surface area (Å²) in [6.45, 7) is 3.24. The fourth-order valence-corrected chi connectivity index (χ4v) is 3.91. The molecular weight excluding hydrogens is 377 g/mol. The molecule has 1 aliphatic rings. The smallest absolute Gasteiger partial charge is 0.230 e. The highest BCUT2D eigenvalue weighted by atomic mass is 32.1. The van der Waals surface area contributed by atoms with Crippen LogP contribution in [0.2, 0.25) is 0 Å². The summed E-state index contributed by atoms with van der Waals surface area (Å²) in [5.41, 5.74) is 3.27. The molecule has 1 saturated heterocycles. The maximum absolute atomic E-state index is 13.4. The van der Waals surface area contributed by atoms with E-state index in [0.717, 1.165) is 43.2 Å². The summed E-state index contributed by atoms with van der Waals surface area (Å²) in [7, 11) is 0. The topological polar surface area (TPSA) is 54.5 Å². The van der Waals surface area contributed by atoms with Gasteiger partial charge in [0, 0.05) is 35.4 Å². The molecular formula is C21H20FN3O2S. The molecule has 0 spiro atoms. The first-order chi connectivity index (χ1) is 13.7. The first-order valence-electron chi connectivity index (χ1n) is 9.10. The van der Waals surface area contributed by atoms with Crippen molar-refractivity contribution in [2.45, 2.75) is 6.42 Å². The van der Waals surface area contributed by atoms with E-state index in [0.29, 0.717) is 10.7 Å². The Kier molecular flexibility index (Phi) is 5.64. The summed E-state index contributed by atoms with van der Waals surface area (Å²) >= 11 is 1.40.